The molecule has 5 aromatic heterocycles. The first-order valence-electron chi connectivity index (χ1n) is 11.2. The zero-order valence-electron chi connectivity index (χ0n) is 19.0. The molecule has 0 saturated carbocycles. The van der Waals surface area contributed by atoms with Crippen LogP contribution in [0.4, 0.5) is 24.8 Å². The van der Waals surface area contributed by atoms with E-state index in [2.05, 4.69) is 30.7 Å². The number of alkyl halides is 3. The molecule has 13 heteroatoms. The number of anilines is 2. The van der Waals surface area contributed by atoms with E-state index in [1.165, 1.54) is 4.68 Å². The molecular weight excluding hydrogens is 475 g/mol. The predicted octanol–water partition coefficient (Wildman–Crippen LogP) is 4.05. The van der Waals surface area contributed by atoms with Crippen LogP contribution in [0.15, 0.2) is 55.1 Å². The van der Waals surface area contributed by atoms with Crippen molar-refractivity contribution in [1.82, 2.24) is 39.1 Å². The Morgan fingerprint density at radius 1 is 1.08 bits per heavy atom. The quantitative estimate of drug-likeness (QED) is 0.393. The van der Waals surface area contributed by atoms with Crippen molar-refractivity contribution in [3.63, 3.8) is 0 Å². The van der Waals surface area contributed by atoms with E-state index in [9.17, 15) is 13.2 Å². The number of hydrogen-bond donors (Lipinski definition) is 1. The second-order valence-electron chi connectivity index (χ2n) is 8.51. The van der Waals surface area contributed by atoms with Gasteiger partial charge in [-0.15, -0.1) is 10.2 Å². The van der Waals surface area contributed by atoms with Crippen LogP contribution in [0.25, 0.3) is 16.8 Å². The van der Waals surface area contributed by atoms with Gasteiger partial charge in [-0.2, -0.15) is 23.4 Å². The zero-order chi connectivity index (χ0) is 24.9. The summed E-state index contributed by atoms with van der Waals surface area (Å²) in [6.45, 7) is 0.610. The zero-order valence-corrected chi connectivity index (χ0v) is 19.0. The third kappa shape index (κ3) is 4.01. The topological polar surface area (TPSA) is 100.0 Å². The molecule has 6 rings (SSSR count). The molecule has 1 aliphatic rings. The highest BCUT2D eigenvalue weighted by atomic mass is 19.4. The lowest BCUT2D eigenvalue weighted by Gasteiger charge is -2.12. The van der Waals surface area contributed by atoms with E-state index in [-0.39, 0.29) is 12.5 Å². The monoisotopic (exact) mass is 495 g/mol. The van der Waals surface area contributed by atoms with E-state index in [1.54, 1.807) is 17.1 Å². The van der Waals surface area contributed by atoms with Gasteiger partial charge in [0.1, 0.15) is 17.5 Å². The van der Waals surface area contributed by atoms with Crippen molar-refractivity contribution in [2.24, 2.45) is 7.05 Å². The van der Waals surface area contributed by atoms with E-state index in [0.717, 1.165) is 29.3 Å². The third-order valence-electron chi connectivity index (χ3n) is 6.12. The largest absolute Gasteiger partial charge is 0.478 e. The number of nitrogens with one attached hydrogen (secondary N) is 1. The Balaban J connectivity index is 1.31. The van der Waals surface area contributed by atoms with Gasteiger partial charge in [0.05, 0.1) is 31.1 Å². The predicted molar refractivity (Wildman–Crippen MR) is 123 cm³/mol. The minimum Gasteiger partial charge on any atom is -0.478 e. The fraction of sp³-hybridized carbons (Fsp3) is 0.261. The molecule has 0 saturated heterocycles. The first-order valence-corrected chi connectivity index (χ1v) is 11.2. The summed E-state index contributed by atoms with van der Waals surface area (Å²) in [5, 5.41) is 20.0. The van der Waals surface area contributed by atoms with Crippen LogP contribution in [-0.4, -0.2) is 45.7 Å². The molecule has 0 fully saturated rings. The van der Waals surface area contributed by atoms with Gasteiger partial charge in [-0.3, -0.25) is 9.36 Å². The van der Waals surface area contributed by atoms with Gasteiger partial charge < -0.3 is 10.1 Å². The standard InChI is InChI=1S/C23H20F3N9O/c1-33-19(3-6-28-33)30-18-8-14(2-5-27-18)16-9-20-31-32-22-15(4-7-36-21(10-16)35(20)22)12-34-13-17(11-29-34)23(24,25)26/h2-3,5-6,8-11,13,15H,4,7,12H2,1H3,(H,27,30)/t15-/m1/s1. The molecule has 0 bridgehead atoms. The Kier molecular flexibility index (Phi) is 5.12. The van der Waals surface area contributed by atoms with Crippen LogP contribution in [-0.2, 0) is 19.8 Å². The molecule has 1 aliphatic heterocycles. The summed E-state index contributed by atoms with van der Waals surface area (Å²) in [6, 6.07) is 9.45. The number of aromatic nitrogens is 8. The van der Waals surface area contributed by atoms with Gasteiger partial charge in [-0.1, -0.05) is 0 Å². The van der Waals surface area contributed by atoms with Crippen molar-refractivity contribution in [3.05, 3.63) is 66.5 Å². The lowest BCUT2D eigenvalue weighted by molar-refractivity contribution is -0.137. The van der Waals surface area contributed by atoms with Crippen molar-refractivity contribution < 1.29 is 17.9 Å². The molecule has 0 unspecified atom stereocenters. The van der Waals surface area contributed by atoms with Crippen molar-refractivity contribution in [1.29, 1.82) is 0 Å². The summed E-state index contributed by atoms with van der Waals surface area (Å²) in [7, 11) is 1.84. The first kappa shape index (κ1) is 22.1. The summed E-state index contributed by atoms with van der Waals surface area (Å²) < 4.78 is 49.8. The molecule has 6 heterocycles. The number of pyridine rings is 2. The Bertz CT molecular complexity index is 1550. The molecule has 1 N–H and O–H groups in total. The number of rotatable bonds is 5. The summed E-state index contributed by atoms with van der Waals surface area (Å²) in [6.07, 6.45) is 1.37. The first-order chi connectivity index (χ1) is 17.3. The highest BCUT2D eigenvalue weighted by Crippen LogP contribution is 2.34. The molecule has 5 aromatic rings. The molecule has 0 aromatic carbocycles. The van der Waals surface area contributed by atoms with E-state index in [4.69, 9.17) is 4.74 Å². The van der Waals surface area contributed by atoms with Gasteiger partial charge in [-0.05, 0) is 35.7 Å². The highest BCUT2D eigenvalue weighted by Gasteiger charge is 2.33. The molecule has 1 atom stereocenters. The van der Waals surface area contributed by atoms with Gasteiger partial charge in [0.15, 0.2) is 5.65 Å². The number of halogens is 3. The minimum absolute atomic E-state index is 0.219. The van der Waals surface area contributed by atoms with Crippen LogP contribution < -0.4 is 10.1 Å². The maximum Gasteiger partial charge on any atom is 0.419 e. The van der Waals surface area contributed by atoms with Crippen LogP contribution in [0.1, 0.15) is 23.7 Å². The molecule has 10 nitrogen and oxygen atoms in total. The average Bonchev–Trinajstić information content (AvgIpc) is 3.56. The van der Waals surface area contributed by atoms with Crippen molar-refractivity contribution in [2.75, 3.05) is 11.9 Å². The Hall–Kier alpha value is -4.42. The highest BCUT2D eigenvalue weighted by molar-refractivity contribution is 5.72. The average molecular weight is 495 g/mol. The molecule has 0 radical (unpaired) electrons. The molecule has 0 aliphatic carbocycles. The number of hydrogen-bond acceptors (Lipinski definition) is 7. The molecular formula is C23H20F3N9O. The van der Waals surface area contributed by atoms with Crippen LogP contribution in [0.3, 0.4) is 0 Å². The Morgan fingerprint density at radius 2 is 1.97 bits per heavy atom. The fourth-order valence-electron chi connectivity index (χ4n) is 4.29. The summed E-state index contributed by atoms with van der Waals surface area (Å²) in [5.74, 6) is 2.43. The summed E-state index contributed by atoms with van der Waals surface area (Å²) in [5.41, 5.74) is 1.57. The number of ether oxygens (including phenoxy) is 1. The summed E-state index contributed by atoms with van der Waals surface area (Å²) in [4.78, 5) is 4.39. The maximum absolute atomic E-state index is 13.0. The fourth-order valence-corrected chi connectivity index (χ4v) is 4.29. The second-order valence-corrected chi connectivity index (χ2v) is 8.51. The Labute approximate surface area is 202 Å². The van der Waals surface area contributed by atoms with Gasteiger partial charge in [0.2, 0.25) is 5.88 Å². The van der Waals surface area contributed by atoms with Crippen molar-refractivity contribution in [3.8, 4) is 17.0 Å². The second kappa shape index (κ2) is 8.36. The SMILES string of the molecule is Cn1nccc1Nc1cc(-c2cc3n4c(nnc4c2)[C@@H](Cn2cc(C(F)(F)F)cn2)CCO3)ccn1. The third-order valence-corrected chi connectivity index (χ3v) is 6.12. The van der Waals surface area contributed by atoms with E-state index >= 15 is 0 Å². The minimum atomic E-state index is -4.43. The lowest BCUT2D eigenvalue weighted by atomic mass is 10.1. The summed E-state index contributed by atoms with van der Waals surface area (Å²) >= 11 is 0. The lowest BCUT2D eigenvalue weighted by Crippen LogP contribution is -2.13. The van der Waals surface area contributed by atoms with E-state index < -0.39 is 11.7 Å². The van der Waals surface area contributed by atoms with E-state index in [0.29, 0.717) is 36.2 Å². The van der Waals surface area contributed by atoms with Crippen LogP contribution in [0.2, 0.25) is 0 Å². The molecule has 36 heavy (non-hydrogen) atoms. The van der Waals surface area contributed by atoms with Crippen LogP contribution in [0.5, 0.6) is 5.88 Å². The van der Waals surface area contributed by atoms with E-state index in [1.807, 2.05) is 41.8 Å². The molecule has 0 spiro atoms. The van der Waals surface area contributed by atoms with Gasteiger partial charge >= 0.3 is 6.18 Å². The van der Waals surface area contributed by atoms with Gasteiger partial charge in [-0.25, -0.2) is 9.38 Å². The number of aryl methyl sites for hydroxylation is 1. The molecule has 0 amide bonds. The van der Waals surface area contributed by atoms with Crippen LogP contribution in [0, 0.1) is 0 Å². The normalized spacial score (nSPS) is 15.6. The van der Waals surface area contributed by atoms with Gasteiger partial charge in [0.25, 0.3) is 0 Å². The van der Waals surface area contributed by atoms with Crippen molar-refractivity contribution >= 4 is 17.3 Å². The van der Waals surface area contributed by atoms with Crippen molar-refractivity contribution in [2.45, 2.75) is 25.1 Å². The maximum atomic E-state index is 13.0. The molecule has 184 valence electrons. The smallest absolute Gasteiger partial charge is 0.419 e. The van der Waals surface area contributed by atoms with Crippen LogP contribution >= 0.6 is 0 Å². The number of nitrogens with zero attached hydrogens (tertiary/aromatic N) is 8. The van der Waals surface area contributed by atoms with Gasteiger partial charge in [0, 0.05) is 37.5 Å². The Morgan fingerprint density at radius 3 is 2.75 bits per heavy atom.